The fourth-order valence-corrected chi connectivity index (χ4v) is 2.40. The first-order valence-electron chi connectivity index (χ1n) is 5.86. The number of unbranched alkanes of at least 4 members (excludes halogenated alkanes) is 1. The number of hydrogen-bond donors (Lipinski definition) is 1. The number of carbonyl (C=O) groups is 1. The first kappa shape index (κ1) is 12.4. The monoisotopic (exact) mass is 253 g/mol. The minimum Gasteiger partial charge on any atom is -0.481 e. The molecule has 0 spiro atoms. The summed E-state index contributed by atoms with van der Waals surface area (Å²) in [5.41, 5.74) is 2.64. The van der Waals surface area contributed by atoms with E-state index in [1.807, 2.05) is 12.1 Å². The van der Waals surface area contributed by atoms with Crippen molar-refractivity contribution in [2.75, 3.05) is 6.54 Å². The lowest BCUT2D eigenvalue weighted by Gasteiger charge is -2.13. The number of carboxylic acid groups (broad SMARTS) is 1. The van der Waals surface area contributed by atoms with E-state index in [0.29, 0.717) is 0 Å². The summed E-state index contributed by atoms with van der Waals surface area (Å²) >= 11 is 5.95. The van der Waals surface area contributed by atoms with E-state index >= 15 is 0 Å². The average molecular weight is 254 g/mol. The third-order valence-corrected chi connectivity index (χ3v) is 3.31. The molecule has 1 aromatic rings. The summed E-state index contributed by atoms with van der Waals surface area (Å²) in [6.07, 6.45) is 1.96. The molecule has 0 fully saturated rings. The molecule has 0 aromatic heterocycles. The van der Waals surface area contributed by atoms with E-state index in [9.17, 15) is 4.79 Å². The number of halogens is 1. The predicted octanol–water partition coefficient (Wildman–Crippen LogP) is 2.91. The van der Waals surface area contributed by atoms with Gasteiger partial charge in [0.2, 0.25) is 0 Å². The number of benzene rings is 1. The van der Waals surface area contributed by atoms with E-state index in [-0.39, 0.29) is 6.42 Å². The first-order chi connectivity index (χ1) is 8.15. The number of carboxylic acids is 1. The van der Waals surface area contributed by atoms with Crippen LogP contribution in [0.25, 0.3) is 0 Å². The minimum absolute atomic E-state index is 0.270. The molecule has 4 heteroatoms. The van der Waals surface area contributed by atoms with E-state index in [1.54, 1.807) is 0 Å². The van der Waals surface area contributed by atoms with E-state index in [2.05, 4.69) is 11.0 Å². The summed E-state index contributed by atoms with van der Waals surface area (Å²) in [6.45, 7) is 2.85. The molecule has 0 atom stereocenters. The lowest BCUT2D eigenvalue weighted by Crippen LogP contribution is -2.17. The van der Waals surface area contributed by atoms with Gasteiger partial charge in [-0.2, -0.15) is 0 Å². The molecule has 17 heavy (non-hydrogen) atoms. The number of fused-ring (bicyclic) bond motifs is 1. The molecule has 3 nitrogen and oxygen atoms in total. The molecule has 92 valence electrons. The van der Waals surface area contributed by atoms with Crippen LogP contribution in [-0.2, 0) is 17.9 Å². The van der Waals surface area contributed by atoms with Gasteiger partial charge in [-0.05, 0) is 42.6 Å². The van der Waals surface area contributed by atoms with Crippen LogP contribution in [-0.4, -0.2) is 22.5 Å². The molecule has 0 unspecified atom stereocenters. The van der Waals surface area contributed by atoms with Crippen molar-refractivity contribution in [3.8, 4) is 0 Å². The van der Waals surface area contributed by atoms with Gasteiger partial charge >= 0.3 is 5.97 Å². The Bertz CT molecular complexity index is 420. The normalized spacial score (nSPS) is 14.9. The molecule has 0 aliphatic carbocycles. The number of aliphatic carboxylic acids is 1. The standard InChI is InChI=1S/C13H16ClNO2/c14-12-5-4-10-8-15(9-11(10)7-12)6-2-1-3-13(16)17/h4-5,7H,1-3,6,8-9H2,(H,16,17). The van der Waals surface area contributed by atoms with Gasteiger partial charge < -0.3 is 5.11 Å². The van der Waals surface area contributed by atoms with Crippen LogP contribution < -0.4 is 0 Å². The van der Waals surface area contributed by atoms with Crippen LogP contribution >= 0.6 is 11.6 Å². The molecule has 1 aromatic carbocycles. The Kier molecular flexibility index (Phi) is 4.02. The Morgan fingerprint density at radius 1 is 1.29 bits per heavy atom. The zero-order valence-corrected chi connectivity index (χ0v) is 10.4. The third kappa shape index (κ3) is 3.45. The van der Waals surface area contributed by atoms with Crippen LogP contribution in [0.2, 0.25) is 5.02 Å². The smallest absolute Gasteiger partial charge is 0.303 e. The lowest BCUT2D eigenvalue weighted by atomic mass is 10.1. The summed E-state index contributed by atoms with van der Waals surface area (Å²) in [7, 11) is 0. The van der Waals surface area contributed by atoms with E-state index in [0.717, 1.165) is 37.5 Å². The zero-order valence-electron chi connectivity index (χ0n) is 9.66. The summed E-state index contributed by atoms with van der Waals surface area (Å²) in [6, 6.07) is 6.03. The van der Waals surface area contributed by atoms with Gasteiger partial charge in [0.25, 0.3) is 0 Å². The molecule has 0 saturated carbocycles. The minimum atomic E-state index is -0.707. The van der Waals surface area contributed by atoms with Gasteiger partial charge in [0.1, 0.15) is 0 Å². The van der Waals surface area contributed by atoms with Crippen LogP contribution in [0, 0.1) is 0 Å². The quantitative estimate of drug-likeness (QED) is 0.821. The number of rotatable bonds is 5. The zero-order chi connectivity index (χ0) is 12.3. The van der Waals surface area contributed by atoms with Crippen molar-refractivity contribution in [2.24, 2.45) is 0 Å². The molecule has 0 saturated heterocycles. The lowest BCUT2D eigenvalue weighted by molar-refractivity contribution is -0.137. The highest BCUT2D eigenvalue weighted by Crippen LogP contribution is 2.25. The molecule has 0 bridgehead atoms. The summed E-state index contributed by atoms with van der Waals surface area (Å²) in [4.78, 5) is 12.7. The van der Waals surface area contributed by atoms with E-state index in [1.165, 1.54) is 11.1 Å². The molecule has 1 heterocycles. The number of nitrogens with zero attached hydrogens (tertiary/aromatic N) is 1. The molecule has 2 rings (SSSR count). The SMILES string of the molecule is O=C(O)CCCCN1Cc2ccc(Cl)cc2C1. The van der Waals surface area contributed by atoms with Gasteiger partial charge in [-0.1, -0.05) is 17.7 Å². The van der Waals surface area contributed by atoms with Crippen molar-refractivity contribution >= 4 is 17.6 Å². The maximum Gasteiger partial charge on any atom is 0.303 e. The largest absolute Gasteiger partial charge is 0.481 e. The van der Waals surface area contributed by atoms with Crippen molar-refractivity contribution < 1.29 is 9.90 Å². The highest BCUT2D eigenvalue weighted by atomic mass is 35.5. The fourth-order valence-electron chi connectivity index (χ4n) is 2.20. The van der Waals surface area contributed by atoms with Crippen molar-refractivity contribution in [3.05, 3.63) is 34.3 Å². The van der Waals surface area contributed by atoms with E-state index in [4.69, 9.17) is 16.7 Å². The molecule has 1 aliphatic heterocycles. The van der Waals surface area contributed by atoms with Crippen molar-refractivity contribution in [3.63, 3.8) is 0 Å². The Morgan fingerprint density at radius 3 is 2.82 bits per heavy atom. The Labute approximate surface area is 106 Å². The van der Waals surface area contributed by atoms with Crippen LogP contribution in [0.4, 0.5) is 0 Å². The second-order valence-electron chi connectivity index (χ2n) is 4.47. The van der Waals surface area contributed by atoms with Gasteiger partial charge in [0.15, 0.2) is 0 Å². The van der Waals surface area contributed by atoms with Crippen molar-refractivity contribution in [1.82, 2.24) is 4.90 Å². The second kappa shape index (κ2) is 5.52. The molecule has 0 amide bonds. The molecule has 0 radical (unpaired) electrons. The molecule has 1 N–H and O–H groups in total. The van der Waals surface area contributed by atoms with Gasteiger partial charge in [-0.15, -0.1) is 0 Å². The van der Waals surface area contributed by atoms with Gasteiger partial charge in [-0.3, -0.25) is 9.69 Å². The first-order valence-corrected chi connectivity index (χ1v) is 6.24. The summed E-state index contributed by atoms with van der Waals surface area (Å²) in [5.74, 6) is -0.707. The Balaban J connectivity index is 1.78. The maximum atomic E-state index is 10.4. The topological polar surface area (TPSA) is 40.5 Å². The summed E-state index contributed by atoms with van der Waals surface area (Å²) < 4.78 is 0. The van der Waals surface area contributed by atoms with E-state index < -0.39 is 5.97 Å². The van der Waals surface area contributed by atoms with Gasteiger partial charge in [-0.25, -0.2) is 0 Å². The highest BCUT2D eigenvalue weighted by molar-refractivity contribution is 6.30. The van der Waals surface area contributed by atoms with Crippen molar-refractivity contribution in [2.45, 2.75) is 32.4 Å². The third-order valence-electron chi connectivity index (χ3n) is 3.07. The summed E-state index contributed by atoms with van der Waals surface area (Å²) in [5, 5.41) is 9.34. The second-order valence-corrected chi connectivity index (χ2v) is 4.91. The Morgan fingerprint density at radius 2 is 2.06 bits per heavy atom. The van der Waals surface area contributed by atoms with Gasteiger partial charge in [0, 0.05) is 24.5 Å². The van der Waals surface area contributed by atoms with Crippen LogP contribution in [0.15, 0.2) is 18.2 Å². The Hall–Kier alpha value is -1.06. The van der Waals surface area contributed by atoms with Crippen LogP contribution in [0.1, 0.15) is 30.4 Å². The molecular weight excluding hydrogens is 238 g/mol. The number of hydrogen-bond acceptors (Lipinski definition) is 2. The molecular formula is C13H16ClNO2. The predicted molar refractivity (Wildman–Crippen MR) is 67.1 cm³/mol. The van der Waals surface area contributed by atoms with Crippen LogP contribution in [0.3, 0.4) is 0 Å². The fraction of sp³-hybridized carbons (Fsp3) is 0.462. The van der Waals surface area contributed by atoms with Crippen LogP contribution in [0.5, 0.6) is 0 Å². The average Bonchev–Trinajstić information content (AvgIpc) is 2.66. The van der Waals surface area contributed by atoms with Gasteiger partial charge in [0.05, 0.1) is 0 Å². The molecule has 1 aliphatic rings. The maximum absolute atomic E-state index is 10.4. The highest BCUT2D eigenvalue weighted by Gasteiger charge is 2.18. The van der Waals surface area contributed by atoms with Crippen molar-refractivity contribution in [1.29, 1.82) is 0 Å².